The van der Waals surface area contributed by atoms with E-state index in [1.54, 1.807) is 6.07 Å². The van der Waals surface area contributed by atoms with Crippen LogP contribution in [0.15, 0.2) is 48.5 Å². The smallest absolute Gasteiger partial charge is 0.338 e. The number of carbonyl (C=O) groups excluding carboxylic acids is 1. The van der Waals surface area contributed by atoms with Gasteiger partial charge in [-0.1, -0.05) is 30.3 Å². The normalized spacial score (nSPS) is 11.2. The van der Waals surface area contributed by atoms with Crippen molar-refractivity contribution in [3.63, 3.8) is 0 Å². The molecule has 0 fully saturated rings. The third kappa shape index (κ3) is 4.17. The first-order chi connectivity index (χ1) is 9.89. The molecule has 0 saturated heterocycles. The fourth-order valence-electron chi connectivity index (χ4n) is 2.04. The first-order valence-corrected chi connectivity index (χ1v) is 7.02. The van der Waals surface area contributed by atoms with Gasteiger partial charge in [-0.15, -0.1) is 0 Å². The number of hydrogen-bond donors (Lipinski definition) is 1. The van der Waals surface area contributed by atoms with Crippen molar-refractivity contribution in [3.05, 3.63) is 59.7 Å². The lowest BCUT2D eigenvalue weighted by Gasteiger charge is -2.19. The van der Waals surface area contributed by atoms with Gasteiger partial charge in [0.05, 0.1) is 5.56 Å². The average molecular weight is 283 g/mol. The van der Waals surface area contributed by atoms with E-state index in [9.17, 15) is 4.79 Å². The zero-order chi connectivity index (χ0) is 15.5. The second kappa shape index (κ2) is 6.10. The monoisotopic (exact) mass is 283 g/mol. The maximum Gasteiger partial charge on any atom is 0.338 e. The topological polar surface area (TPSA) is 52.3 Å². The predicted octanol–water partition coefficient (Wildman–Crippen LogP) is 3.77. The molecule has 0 aliphatic carbocycles. The highest BCUT2D eigenvalue weighted by atomic mass is 16.6. The van der Waals surface area contributed by atoms with Crippen molar-refractivity contribution in [1.82, 2.24) is 0 Å². The number of ether oxygens (including phenoxy) is 1. The lowest BCUT2D eigenvalue weighted by Crippen LogP contribution is -2.23. The van der Waals surface area contributed by atoms with Crippen molar-refractivity contribution in [3.8, 4) is 11.1 Å². The van der Waals surface area contributed by atoms with Crippen LogP contribution in [0.1, 0.15) is 36.7 Å². The lowest BCUT2D eigenvalue weighted by atomic mass is 10.0. The molecular formula is C18H21NO2. The van der Waals surface area contributed by atoms with Crippen LogP contribution in [0.25, 0.3) is 11.1 Å². The number of nitrogens with two attached hydrogens (primary N) is 1. The van der Waals surface area contributed by atoms with E-state index in [4.69, 9.17) is 10.5 Å². The van der Waals surface area contributed by atoms with Gasteiger partial charge in [0.2, 0.25) is 0 Å². The van der Waals surface area contributed by atoms with E-state index in [1.807, 2.05) is 63.2 Å². The Morgan fingerprint density at radius 2 is 1.67 bits per heavy atom. The fourth-order valence-corrected chi connectivity index (χ4v) is 2.04. The summed E-state index contributed by atoms with van der Waals surface area (Å²) in [7, 11) is 0. The SMILES string of the molecule is CC(C)(C)OC(=O)c1cccc(-c2cccc(CN)c2)c1. The van der Waals surface area contributed by atoms with E-state index in [2.05, 4.69) is 0 Å². The standard InChI is InChI=1S/C18H21NO2/c1-18(2,3)21-17(20)16-9-5-8-15(11-16)14-7-4-6-13(10-14)12-19/h4-11H,12,19H2,1-3H3. The van der Waals surface area contributed by atoms with Crippen LogP contribution >= 0.6 is 0 Å². The molecule has 0 atom stereocenters. The molecule has 0 bridgehead atoms. The minimum absolute atomic E-state index is 0.306. The molecule has 0 amide bonds. The molecule has 2 aromatic carbocycles. The second-order valence-electron chi connectivity index (χ2n) is 5.99. The predicted molar refractivity (Wildman–Crippen MR) is 84.9 cm³/mol. The summed E-state index contributed by atoms with van der Waals surface area (Å²) < 4.78 is 5.40. The number of carbonyl (C=O) groups is 1. The summed E-state index contributed by atoms with van der Waals surface area (Å²) in [6.07, 6.45) is 0. The molecule has 0 spiro atoms. The molecule has 2 N–H and O–H groups in total. The van der Waals surface area contributed by atoms with E-state index in [0.717, 1.165) is 16.7 Å². The zero-order valence-electron chi connectivity index (χ0n) is 12.7. The summed E-state index contributed by atoms with van der Waals surface area (Å²) in [5.74, 6) is -0.306. The number of hydrogen-bond acceptors (Lipinski definition) is 3. The Balaban J connectivity index is 2.31. The summed E-state index contributed by atoms with van der Waals surface area (Å²) >= 11 is 0. The molecule has 0 aromatic heterocycles. The van der Waals surface area contributed by atoms with Crippen molar-refractivity contribution in [2.75, 3.05) is 0 Å². The van der Waals surface area contributed by atoms with E-state index in [0.29, 0.717) is 12.1 Å². The largest absolute Gasteiger partial charge is 0.456 e. The van der Waals surface area contributed by atoms with Crippen LogP contribution in [-0.4, -0.2) is 11.6 Å². The van der Waals surface area contributed by atoms with Gasteiger partial charge in [-0.25, -0.2) is 4.79 Å². The Labute approximate surface area is 125 Å². The number of benzene rings is 2. The van der Waals surface area contributed by atoms with Crippen LogP contribution < -0.4 is 5.73 Å². The van der Waals surface area contributed by atoms with Crippen molar-refractivity contribution in [1.29, 1.82) is 0 Å². The Morgan fingerprint density at radius 3 is 2.29 bits per heavy atom. The Hall–Kier alpha value is -2.13. The highest BCUT2D eigenvalue weighted by Gasteiger charge is 2.18. The minimum Gasteiger partial charge on any atom is -0.456 e. The molecule has 0 radical (unpaired) electrons. The maximum absolute atomic E-state index is 12.1. The Bertz CT molecular complexity index is 642. The van der Waals surface area contributed by atoms with Gasteiger partial charge >= 0.3 is 5.97 Å². The minimum atomic E-state index is -0.493. The molecule has 2 rings (SSSR count). The summed E-state index contributed by atoms with van der Waals surface area (Å²) in [5, 5.41) is 0. The van der Waals surface area contributed by atoms with Gasteiger partial charge in [0, 0.05) is 6.54 Å². The quantitative estimate of drug-likeness (QED) is 0.872. The molecular weight excluding hydrogens is 262 g/mol. The molecule has 2 aromatic rings. The first-order valence-electron chi connectivity index (χ1n) is 7.02. The van der Waals surface area contributed by atoms with Crippen LogP contribution in [-0.2, 0) is 11.3 Å². The van der Waals surface area contributed by atoms with Gasteiger partial charge in [0.1, 0.15) is 5.60 Å². The van der Waals surface area contributed by atoms with Gasteiger partial charge < -0.3 is 10.5 Å². The summed E-state index contributed by atoms with van der Waals surface area (Å²) in [6.45, 7) is 6.08. The Kier molecular flexibility index (Phi) is 4.43. The number of esters is 1. The van der Waals surface area contributed by atoms with Gasteiger partial charge in [-0.05, 0) is 55.7 Å². The fraction of sp³-hybridized carbons (Fsp3) is 0.278. The molecule has 21 heavy (non-hydrogen) atoms. The molecule has 0 aliphatic rings. The molecule has 0 unspecified atom stereocenters. The van der Waals surface area contributed by atoms with Crippen molar-refractivity contribution in [2.45, 2.75) is 32.9 Å². The van der Waals surface area contributed by atoms with Gasteiger partial charge in [-0.3, -0.25) is 0 Å². The van der Waals surface area contributed by atoms with Crippen molar-refractivity contribution in [2.24, 2.45) is 5.73 Å². The molecule has 3 heteroatoms. The third-order valence-electron chi connectivity index (χ3n) is 2.99. The van der Waals surface area contributed by atoms with E-state index in [-0.39, 0.29) is 5.97 Å². The zero-order valence-corrected chi connectivity index (χ0v) is 12.7. The molecule has 0 saturated carbocycles. The lowest BCUT2D eigenvalue weighted by molar-refractivity contribution is 0.00696. The van der Waals surface area contributed by atoms with E-state index >= 15 is 0 Å². The van der Waals surface area contributed by atoms with Crippen LogP contribution in [0.3, 0.4) is 0 Å². The van der Waals surface area contributed by atoms with Crippen molar-refractivity contribution >= 4 is 5.97 Å². The summed E-state index contributed by atoms with van der Waals surface area (Å²) in [5.41, 5.74) is 8.82. The maximum atomic E-state index is 12.1. The summed E-state index contributed by atoms with van der Waals surface area (Å²) in [6, 6.07) is 15.5. The van der Waals surface area contributed by atoms with E-state index in [1.165, 1.54) is 0 Å². The third-order valence-corrected chi connectivity index (χ3v) is 2.99. The van der Waals surface area contributed by atoms with E-state index < -0.39 is 5.60 Å². The highest BCUT2D eigenvalue weighted by molar-refractivity contribution is 5.91. The molecule has 110 valence electrons. The van der Waals surface area contributed by atoms with Gasteiger partial charge in [0.15, 0.2) is 0 Å². The van der Waals surface area contributed by atoms with Crippen LogP contribution in [0.5, 0.6) is 0 Å². The first kappa shape index (κ1) is 15.3. The van der Waals surface area contributed by atoms with Gasteiger partial charge in [-0.2, -0.15) is 0 Å². The van der Waals surface area contributed by atoms with Crippen LogP contribution in [0.4, 0.5) is 0 Å². The van der Waals surface area contributed by atoms with Gasteiger partial charge in [0.25, 0.3) is 0 Å². The molecule has 0 heterocycles. The highest BCUT2D eigenvalue weighted by Crippen LogP contribution is 2.22. The second-order valence-corrected chi connectivity index (χ2v) is 5.99. The molecule has 0 aliphatic heterocycles. The average Bonchev–Trinajstić information content (AvgIpc) is 2.46. The Morgan fingerprint density at radius 1 is 1.05 bits per heavy atom. The van der Waals surface area contributed by atoms with Crippen LogP contribution in [0.2, 0.25) is 0 Å². The van der Waals surface area contributed by atoms with Crippen molar-refractivity contribution < 1.29 is 9.53 Å². The molecule has 3 nitrogen and oxygen atoms in total. The number of rotatable bonds is 3. The summed E-state index contributed by atoms with van der Waals surface area (Å²) in [4.78, 5) is 12.1. The van der Waals surface area contributed by atoms with Crippen LogP contribution in [0, 0.1) is 0 Å².